The van der Waals surface area contributed by atoms with E-state index in [1.165, 1.54) is 6.92 Å². The van der Waals surface area contributed by atoms with Gasteiger partial charge in [-0.25, -0.2) is 0 Å². The number of benzene rings is 3. The predicted octanol–water partition coefficient (Wildman–Crippen LogP) is 4.64. The molecule has 29 heavy (non-hydrogen) atoms. The molecule has 0 radical (unpaired) electrons. The van der Waals surface area contributed by atoms with Crippen LogP contribution in [0.5, 0.6) is 11.5 Å². The molecular weight excluding hydrogens is 364 g/mol. The van der Waals surface area contributed by atoms with Gasteiger partial charge >= 0.3 is 5.97 Å². The first-order chi connectivity index (χ1) is 14.0. The van der Waals surface area contributed by atoms with E-state index < -0.39 is 0 Å². The van der Waals surface area contributed by atoms with Crippen molar-refractivity contribution in [3.8, 4) is 11.5 Å². The summed E-state index contributed by atoms with van der Waals surface area (Å²) < 4.78 is 10.4. The molecule has 3 rings (SSSR count). The lowest BCUT2D eigenvalue weighted by atomic mass is 9.96. The van der Waals surface area contributed by atoms with Crippen molar-refractivity contribution in [1.82, 2.24) is 5.32 Å². The maximum atomic E-state index is 11.1. The molecule has 0 fully saturated rings. The minimum Gasteiger partial charge on any atom is -0.497 e. The summed E-state index contributed by atoms with van der Waals surface area (Å²) in [5.74, 6) is 1.02. The van der Waals surface area contributed by atoms with Crippen molar-refractivity contribution in [3.63, 3.8) is 0 Å². The van der Waals surface area contributed by atoms with Crippen LogP contribution in [0.2, 0.25) is 0 Å². The summed E-state index contributed by atoms with van der Waals surface area (Å²) in [4.78, 5) is 11.1. The molecule has 3 N–H and O–H groups in total. The van der Waals surface area contributed by atoms with E-state index in [1.54, 1.807) is 19.2 Å². The van der Waals surface area contributed by atoms with Crippen LogP contribution in [0.3, 0.4) is 0 Å². The molecule has 0 aliphatic carbocycles. The van der Waals surface area contributed by atoms with Crippen LogP contribution in [0.15, 0.2) is 72.8 Å². The van der Waals surface area contributed by atoms with Crippen molar-refractivity contribution < 1.29 is 14.3 Å². The van der Waals surface area contributed by atoms with Gasteiger partial charge in [0, 0.05) is 18.7 Å². The third-order valence-corrected chi connectivity index (χ3v) is 4.75. The van der Waals surface area contributed by atoms with Gasteiger partial charge in [-0.05, 0) is 60.0 Å². The fourth-order valence-corrected chi connectivity index (χ4v) is 3.26. The zero-order valence-corrected chi connectivity index (χ0v) is 16.9. The van der Waals surface area contributed by atoms with E-state index in [1.807, 2.05) is 42.5 Å². The molecule has 0 saturated carbocycles. The number of esters is 1. The van der Waals surface area contributed by atoms with Gasteiger partial charge in [0.2, 0.25) is 0 Å². The molecule has 0 spiro atoms. The lowest BCUT2D eigenvalue weighted by Crippen LogP contribution is -2.25. The first-order valence-electron chi connectivity index (χ1n) is 9.50. The maximum Gasteiger partial charge on any atom is 0.308 e. The number of rotatable bonds is 7. The van der Waals surface area contributed by atoms with Gasteiger partial charge in [0.15, 0.2) is 0 Å². The average molecular weight is 390 g/mol. The molecule has 0 amide bonds. The normalized spacial score (nSPS) is 12.8. The molecule has 5 heteroatoms. The Kier molecular flexibility index (Phi) is 6.52. The van der Waals surface area contributed by atoms with E-state index in [9.17, 15) is 4.79 Å². The minimum absolute atomic E-state index is 0.0486. The molecule has 0 heterocycles. The molecule has 3 aromatic carbocycles. The van der Waals surface area contributed by atoms with Crippen LogP contribution < -0.4 is 20.5 Å². The highest BCUT2D eigenvalue weighted by Crippen LogP contribution is 2.29. The molecular formula is C24H26N2O3. The van der Waals surface area contributed by atoms with Crippen LogP contribution in [0.1, 0.15) is 42.6 Å². The van der Waals surface area contributed by atoms with Crippen molar-refractivity contribution in [1.29, 1.82) is 0 Å². The molecule has 2 unspecified atom stereocenters. The highest BCUT2D eigenvalue weighted by Gasteiger charge is 2.18. The van der Waals surface area contributed by atoms with Crippen molar-refractivity contribution >= 4 is 11.7 Å². The quantitative estimate of drug-likeness (QED) is 0.349. The van der Waals surface area contributed by atoms with Gasteiger partial charge in [0.25, 0.3) is 0 Å². The largest absolute Gasteiger partial charge is 0.497 e. The van der Waals surface area contributed by atoms with E-state index in [4.69, 9.17) is 15.2 Å². The van der Waals surface area contributed by atoms with Crippen molar-refractivity contribution in [2.24, 2.45) is 0 Å². The highest BCUT2D eigenvalue weighted by atomic mass is 16.5. The lowest BCUT2D eigenvalue weighted by molar-refractivity contribution is -0.131. The molecule has 0 bridgehead atoms. The van der Waals surface area contributed by atoms with Crippen LogP contribution in [0.4, 0.5) is 5.69 Å². The van der Waals surface area contributed by atoms with Gasteiger partial charge in [-0.1, -0.05) is 36.4 Å². The number of methoxy groups -OCH3 is 1. The Morgan fingerprint density at radius 3 is 2.10 bits per heavy atom. The lowest BCUT2D eigenvalue weighted by Gasteiger charge is -2.25. The number of anilines is 1. The predicted molar refractivity (Wildman–Crippen MR) is 115 cm³/mol. The number of nitrogens with two attached hydrogens (primary N) is 1. The number of nitrogen functional groups attached to an aromatic ring is 1. The number of hydrogen-bond donors (Lipinski definition) is 2. The monoisotopic (exact) mass is 390 g/mol. The summed E-state index contributed by atoms with van der Waals surface area (Å²) in [6.45, 7) is 3.49. The summed E-state index contributed by atoms with van der Waals surface area (Å²) in [5, 5.41) is 3.69. The van der Waals surface area contributed by atoms with Gasteiger partial charge in [-0.3, -0.25) is 10.1 Å². The molecule has 3 aromatic rings. The van der Waals surface area contributed by atoms with Gasteiger partial charge in [0.05, 0.1) is 13.2 Å². The van der Waals surface area contributed by atoms with Crippen molar-refractivity contribution in [2.75, 3.05) is 12.8 Å². The second-order valence-electron chi connectivity index (χ2n) is 6.93. The summed E-state index contributed by atoms with van der Waals surface area (Å²) >= 11 is 0. The van der Waals surface area contributed by atoms with Gasteiger partial charge in [-0.2, -0.15) is 0 Å². The SMILES string of the molecule is COc1ccc(C(NC(C)c2ccc(OC(C)=O)cc2)c2cccc(N)c2)cc1. The fourth-order valence-electron chi connectivity index (χ4n) is 3.26. The van der Waals surface area contributed by atoms with Crippen LogP contribution in [0.25, 0.3) is 0 Å². The first kappa shape index (κ1) is 20.4. The number of carbonyl (C=O) groups excluding carboxylic acids is 1. The maximum absolute atomic E-state index is 11.1. The second kappa shape index (κ2) is 9.26. The number of hydrogen-bond acceptors (Lipinski definition) is 5. The van der Waals surface area contributed by atoms with E-state index in [2.05, 4.69) is 30.4 Å². The molecule has 5 nitrogen and oxygen atoms in total. The molecule has 0 saturated heterocycles. The number of carbonyl (C=O) groups is 1. The Morgan fingerprint density at radius 2 is 1.52 bits per heavy atom. The smallest absolute Gasteiger partial charge is 0.308 e. The standard InChI is InChI=1S/C24H26N2O3/c1-16(18-7-13-23(14-8-18)29-17(2)27)26-24(20-5-4-6-21(25)15-20)19-9-11-22(28-3)12-10-19/h4-16,24,26H,25H2,1-3H3. The van der Waals surface area contributed by atoms with Gasteiger partial charge < -0.3 is 15.2 Å². The minimum atomic E-state index is -0.329. The topological polar surface area (TPSA) is 73.6 Å². The van der Waals surface area contributed by atoms with Gasteiger partial charge in [-0.15, -0.1) is 0 Å². The Balaban J connectivity index is 1.86. The summed E-state index contributed by atoms with van der Waals surface area (Å²) in [5.41, 5.74) is 10.0. The second-order valence-corrected chi connectivity index (χ2v) is 6.93. The van der Waals surface area contributed by atoms with Crippen LogP contribution in [-0.4, -0.2) is 13.1 Å². The van der Waals surface area contributed by atoms with E-state index >= 15 is 0 Å². The summed E-state index contributed by atoms with van der Waals surface area (Å²) in [6.07, 6.45) is 0. The number of nitrogens with one attached hydrogen (secondary N) is 1. The van der Waals surface area contributed by atoms with E-state index in [0.29, 0.717) is 5.75 Å². The van der Waals surface area contributed by atoms with Crippen LogP contribution in [-0.2, 0) is 4.79 Å². The summed E-state index contributed by atoms with van der Waals surface area (Å²) in [6, 6.07) is 23.4. The number of ether oxygens (including phenoxy) is 2. The fraction of sp³-hybridized carbons (Fsp3) is 0.208. The molecule has 2 atom stereocenters. The van der Waals surface area contributed by atoms with E-state index in [-0.39, 0.29) is 18.1 Å². The Morgan fingerprint density at radius 1 is 0.897 bits per heavy atom. The summed E-state index contributed by atoms with van der Waals surface area (Å²) in [7, 11) is 1.66. The molecule has 0 aliphatic heterocycles. The third kappa shape index (κ3) is 5.36. The zero-order chi connectivity index (χ0) is 20.8. The van der Waals surface area contributed by atoms with Crippen molar-refractivity contribution in [3.05, 3.63) is 89.5 Å². The zero-order valence-electron chi connectivity index (χ0n) is 16.9. The third-order valence-electron chi connectivity index (χ3n) is 4.75. The van der Waals surface area contributed by atoms with E-state index in [0.717, 1.165) is 28.1 Å². The van der Waals surface area contributed by atoms with Crippen molar-refractivity contribution in [2.45, 2.75) is 25.9 Å². The van der Waals surface area contributed by atoms with Gasteiger partial charge in [0.1, 0.15) is 11.5 Å². The average Bonchev–Trinajstić information content (AvgIpc) is 2.72. The first-order valence-corrected chi connectivity index (χ1v) is 9.50. The Bertz CT molecular complexity index is 953. The highest BCUT2D eigenvalue weighted by molar-refractivity contribution is 5.69. The molecule has 0 aliphatic rings. The molecule has 0 aromatic heterocycles. The van der Waals surface area contributed by atoms with Crippen LogP contribution >= 0.6 is 0 Å². The molecule has 150 valence electrons. The van der Waals surface area contributed by atoms with Crippen LogP contribution in [0, 0.1) is 0 Å². The Hall–Kier alpha value is -3.31. The Labute approximate surface area is 171 Å².